The van der Waals surface area contributed by atoms with E-state index < -0.39 is 149 Å². The van der Waals surface area contributed by atoms with Crippen LogP contribution in [0.2, 0.25) is 0 Å². The molecular weight excluding hydrogens is 1070 g/mol. The number of carbonyl (C=O) groups excluding carboxylic acids is 1. The number of hydrogen-bond donors (Lipinski definition) is 18. The molecule has 4 aliphatic heterocycles. The van der Waals surface area contributed by atoms with E-state index in [0.29, 0.717) is 5.56 Å². The number of nitrogens with one attached hydrogen (secondary N) is 2. The Hall–Kier alpha value is -4.73. The summed E-state index contributed by atoms with van der Waals surface area (Å²) in [6, 6.07) is 31.4. The first kappa shape index (κ1) is 67.1. The summed E-state index contributed by atoms with van der Waals surface area (Å²) in [6.07, 6.45) is -23.8. The van der Waals surface area contributed by atoms with Gasteiger partial charge in [0.25, 0.3) is 5.91 Å². The van der Waals surface area contributed by atoms with Gasteiger partial charge in [-0.05, 0) is 67.3 Å². The third kappa shape index (κ3) is 18.9. The van der Waals surface area contributed by atoms with Gasteiger partial charge in [-0.3, -0.25) is 4.79 Å². The lowest BCUT2D eigenvalue weighted by Gasteiger charge is -2.40. The first-order chi connectivity index (χ1) is 38.6. The van der Waals surface area contributed by atoms with Crippen molar-refractivity contribution >= 4 is 11.6 Å². The molecule has 4 fully saturated rings. The SMILES string of the molecule is Cc1ccc(COC2O[C@H](CO)[C@@H](O)[C@H](O)[C@H]2O)cc1.Cc1ccc(COC2O[C@H](CO)[C@@H](O)[C@H](O)[C@H]2O)cc1C.O=C(NC[C@H]1O[C@H](CO)[C@@H](O)[C@H](O)[C@H]1O)c1ccccc1.OC[C@H]1O[C@H](CNc2ccccc2)[C@H](O)[C@@H](O)[C@@H]1O. The second-order valence-corrected chi connectivity index (χ2v) is 20.0. The maximum Gasteiger partial charge on any atom is 0.251 e. The standard InChI is InChI=1S/C15H22O6.C14H19NO6.C14H20O6.C13H19NO5/c1-8-3-4-10(5-9(8)2)7-20-15-14(19)13(18)12(17)11(6-16)21-15;16-7-10-12(18)13(19)11(17)9(21-10)6-15-14(20)8-4-2-1-3-5-8;1-8-2-4-9(5-3-8)7-19-14-13(18)12(17)11(16)10(6-15)20-14;15-7-10-12(17)13(18)11(16)9(19-10)6-14-8-4-2-1-3-5-8/h3-5,11-19H,6-7H2,1-2H3;1-5,9-13,16-19H,6-7H2,(H,15,20);2-5,10-18H,6-7H2,1H3;1-5,9-18H,6-7H2/t11-,12-,13+,14-,15?;9-,10-,11+,12-,13-;10-,11-,12+,13-,14?;9-,10-,11+,12-,13-/m1111/s1. The molecule has 25 nitrogen and oxygen atoms in total. The number of amides is 1. The summed E-state index contributed by atoms with van der Waals surface area (Å²) in [6.45, 7) is 4.77. The fourth-order valence-electron chi connectivity index (χ4n) is 8.70. The minimum absolute atomic E-state index is 0.0465. The summed E-state index contributed by atoms with van der Waals surface area (Å²) in [7, 11) is 0. The molecule has 2 unspecified atom stereocenters. The van der Waals surface area contributed by atoms with Gasteiger partial charge < -0.3 is 121 Å². The first-order valence-electron chi connectivity index (χ1n) is 26.3. The molecule has 0 aliphatic carbocycles. The predicted molar refractivity (Wildman–Crippen MR) is 285 cm³/mol. The molecule has 4 aromatic rings. The number of ether oxygens (including phenoxy) is 6. The minimum Gasteiger partial charge on any atom is -0.394 e. The molecule has 4 aliphatic rings. The van der Waals surface area contributed by atoms with Gasteiger partial charge in [0.1, 0.15) is 110 Å². The van der Waals surface area contributed by atoms with Gasteiger partial charge in [0, 0.05) is 24.3 Å². The maximum atomic E-state index is 11.9. The number of para-hydroxylation sites is 1. The molecule has 0 spiro atoms. The predicted octanol–water partition coefficient (Wildman–Crippen LogP) is -3.87. The van der Waals surface area contributed by atoms with Crippen LogP contribution in [0.5, 0.6) is 0 Å². The second kappa shape index (κ2) is 32.9. The van der Waals surface area contributed by atoms with Crippen molar-refractivity contribution in [1.82, 2.24) is 5.32 Å². The van der Waals surface area contributed by atoms with E-state index >= 15 is 0 Å². The fraction of sp³-hybridized carbons (Fsp3) is 0.554. The van der Waals surface area contributed by atoms with Gasteiger partial charge in [0.05, 0.1) is 39.6 Å². The first-order valence-corrected chi connectivity index (χ1v) is 26.3. The van der Waals surface area contributed by atoms with Crippen molar-refractivity contribution in [2.45, 2.75) is 156 Å². The lowest BCUT2D eigenvalue weighted by atomic mass is 9.95. The van der Waals surface area contributed by atoms with Crippen LogP contribution in [0.4, 0.5) is 5.69 Å². The van der Waals surface area contributed by atoms with Crippen LogP contribution in [0.3, 0.4) is 0 Å². The number of carbonyl (C=O) groups is 1. The normalized spacial score (nSPS) is 33.7. The largest absolute Gasteiger partial charge is 0.394 e. The van der Waals surface area contributed by atoms with Crippen LogP contribution in [0.1, 0.15) is 38.2 Å². The molecule has 4 heterocycles. The molecule has 25 heteroatoms. The van der Waals surface area contributed by atoms with Gasteiger partial charge in [-0.1, -0.05) is 84.4 Å². The molecule has 4 saturated heterocycles. The highest BCUT2D eigenvalue weighted by Gasteiger charge is 2.47. The Morgan fingerprint density at radius 1 is 0.420 bits per heavy atom. The second-order valence-electron chi connectivity index (χ2n) is 20.0. The highest BCUT2D eigenvalue weighted by molar-refractivity contribution is 5.94. The molecule has 0 bridgehead atoms. The van der Waals surface area contributed by atoms with Gasteiger partial charge in [-0.25, -0.2) is 0 Å². The summed E-state index contributed by atoms with van der Waals surface area (Å²) in [5.41, 5.74) is 6.56. The van der Waals surface area contributed by atoms with E-state index in [1.165, 1.54) is 5.56 Å². The Kier molecular flexibility index (Phi) is 27.3. The fourth-order valence-corrected chi connectivity index (χ4v) is 8.70. The molecule has 0 aromatic heterocycles. The zero-order valence-corrected chi connectivity index (χ0v) is 45.0. The smallest absolute Gasteiger partial charge is 0.251 e. The molecule has 0 saturated carbocycles. The van der Waals surface area contributed by atoms with E-state index in [-0.39, 0.29) is 32.2 Å². The summed E-state index contributed by atoms with van der Waals surface area (Å²) in [4.78, 5) is 11.9. The van der Waals surface area contributed by atoms with E-state index in [0.717, 1.165) is 27.9 Å². The zero-order chi connectivity index (χ0) is 59.5. The average Bonchev–Trinajstić information content (AvgIpc) is 3.57. The zero-order valence-electron chi connectivity index (χ0n) is 45.0. The monoisotopic (exact) mass is 1150 g/mol. The van der Waals surface area contributed by atoms with Crippen molar-refractivity contribution in [3.05, 3.63) is 137 Å². The Morgan fingerprint density at radius 2 is 0.802 bits per heavy atom. The molecule has 8 rings (SSSR count). The Labute approximate surface area is 468 Å². The van der Waals surface area contributed by atoms with Crippen LogP contribution < -0.4 is 10.6 Å². The Balaban J connectivity index is 0.000000198. The van der Waals surface area contributed by atoms with E-state index in [9.17, 15) is 66.1 Å². The molecule has 18 N–H and O–H groups in total. The lowest BCUT2D eigenvalue weighted by Crippen LogP contribution is -2.60. The van der Waals surface area contributed by atoms with Gasteiger partial charge in [-0.15, -0.1) is 0 Å². The quantitative estimate of drug-likeness (QED) is 0.0510. The number of aliphatic hydroxyl groups is 16. The van der Waals surface area contributed by atoms with E-state index in [4.69, 9.17) is 48.8 Å². The van der Waals surface area contributed by atoms with Crippen molar-refractivity contribution in [3.63, 3.8) is 0 Å². The molecule has 452 valence electrons. The number of anilines is 1. The number of hydrogen-bond acceptors (Lipinski definition) is 24. The Bertz CT molecular complexity index is 2410. The highest BCUT2D eigenvalue weighted by Crippen LogP contribution is 2.26. The molecule has 20 atom stereocenters. The van der Waals surface area contributed by atoms with Gasteiger partial charge in [-0.2, -0.15) is 0 Å². The van der Waals surface area contributed by atoms with Crippen LogP contribution >= 0.6 is 0 Å². The third-order valence-electron chi connectivity index (χ3n) is 14.0. The van der Waals surface area contributed by atoms with Crippen LogP contribution in [0.15, 0.2) is 103 Å². The van der Waals surface area contributed by atoms with Crippen molar-refractivity contribution in [3.8, 4) is 0 Å². The number of benzene rings is 4. The van der Waals surface area contributed by atoms with Gasteiger partial charge in [0.15, 0.2) is 12.6 Å². The minimum atomic E-state index is -1.44. The van der Waals surface area contributed by atoms with Crippen molar-refractivity contribution in [2.75, 3.05) is 44.8 Å². The topological polar surface area (TPSA) is 420 Å². The van der Waals surface area contributed by atoms with Gasteiger partial charge in [0.2, 0.25) is 0 Å². The van der Waals surface area contributed by atoms with Crippen LogP contribution in [-0.4, -0.2) is 250 Å². The van der Waals surface area contributed by atoms with Crippen LogP contribution in [0, 0.1) is 20.8 Å². The number of aliphatic hydroxyl groups excluding tert-OH is 16. The summed E-state index contributed by atoms with van der Waals surface area (Å²) >= 11 is 0. The summed E-state index contributed by atoms with van der Waals surface area (Å²) < 4.78 is 32.1. The summed E-state index contributed by atoms with van der Waals surface area (Å²) in [5.74, 6) is -0.340. The molecule has 4 aromatic carbocycles. The molecule has 81 heavy (non-hydrogen) atoms. The number of rotatable bonds is 16. The molecular formula is C56H80N2O23. The highest BCUT2D eigenvalue weighted by atomic mass is 16.7. The van der Waals surface area contributed by atoms with E-state index in [1.54, 1.807) is 30.3 Å². The van der Waals surface area contributed by atoms with Crippen LogP contribution in [0.25, 0.3) is 0 Å². The van der Waals surface area contributed by atoms with Gasteiger partial charge >= 0.3 is 0 Å². The molecule has 0 radical (unpaired) electrons. The molecule has 1 amide bonds. The average molecular weight is 1150 g/mol. The van der Waals surface area contributed by atoms with E-state index in [1.807, 2.05) is 93.6 Å². The maximum absolute atomic E-state index is 11.9. The van der Waals surface area contributed by atoms with Crippen molar-refractivity contribution in [2.24, 2.45) is 0 Å². The van der Waals surface area contributed by atoms with Crippen molar-refractivity contribution in [1.29, 1.82) is 0 Å². The van der Waals surface area contributed by atoms with E-state index in [2.05, 4.69) is 10.6 Å². The number of aryl methyl sites for hydroxylation is 3. The lowest BCUT2D eigenvalue weighted by molar-refractivity contribution is -0.304. The summed E-state index contributed by atoms with van der Waals surface area (Å²) in [5, 5.41) is 159. The Morgan fingerprint density at radius 3 is 1.25 bits per heavy atom. The van der Waals surface area contributed by atoms with Crippen LogP contribution in [-0.2, 0) is 41.6 Å². The van der Waals surface area contributed by atoms with Crippen molar-refractivity contribution < 1.29 is 115 Å². The third-order valence-corrected chi connectivity index (χ3v) is 14.0.